The highest BCUT2D eigenvalue weighted by Crippen LogP contribution is 1.83. The maximum atomic E-state index is 9.57. The highest BCUT2D eigenvalue weighted by atomic mass is 16.3. The highest BCUT2D eigenvalue weighted by molar-refractivity contribution is 4.63. The van der Waals surface area contributed by atoms with E-state index in [1.807, 2.05) is 6.92 Å². The summed E-state index contributed by atoms with van der Waals surface area (Å²) >= 11 is 0. The lowest BCUT2D eigenvalue weighted by Crippen LogP contribution is -2.05. The summed E-state index contributed by atoms with van der Waals surface area (Å²) in [5, 5.41) is 3.80. The summed E-state index contributed by atoms with van der Waals surface area (Å²) in [6.07, 6.45) is 1.38. The fraction of sp³-hybridized carbons (Fsp3) is 0.500. The highest BCUT2D eigenvalue weighted by Gasteiger charge is 1.84. The van der Waals surface area contributed by atoms with E-state index in [2.05, 4.69) is 11.9 Å². The molecule has 0 N–H and O–H groups in total. The van der Waals surface area contributed by atoms with Gasteiger partial charge in [0.05, 0.1) is 5.29 Å². The first kappa shape index (κ1) is 6.14. The molecule has 0 aliphatic heterocycles. The lowest BCUT2D eigenvalue weighted by molar-refractivity contribution is 0.418. The van der Waals surface area contributed by atoms with Crippen molar-refractivity contribution in [1.29, 1.82) is 0 Å². The van der Waals surface area contributed by atoms with E-state index >= 15 is 0 Å². The molecule has 0 atom stereocenters. The standard InChI is InChI=1S/C4H8N2O/c1-3-6(4-2)5-7/h3H,1,4H2,2H3. The fourth-order valence-electron chi connectivity index (χ4n) is 0.220. The molecule has 0 radical (unpaired) electrons. The Morgan fingerprint density at radius 1 is 2.00 bits per heavy atom. The van der Waals surface area contributed by atoms with Crippen LogP contribution in [0.4, 0.5) is 0 Å². The van der Waals surface area contributed by atoms with Gasteiger partial charge in [0.25, 0.3) is 0 Å². The summed E-state index contributed by atoms with van der Waals surface area (Å²) in [6, 6.07) is 0. The van der Waals surface area contributed by atoms with Crippen LogP contribution < -0.4 is 0 Å². The van der Waals surface area contributed by atoms with Crippen molar-refractivity contribution in [2.24, 2.45) is 5.29 Å². The lowest BCUT2D eigenvalue weighted by Gasteiger charge is -2.01. The summed E-state index contributed by atoms with van der Waals surface area (Å²) < 4.78 is 0. The monoisotopic (exact) mass is 100 g/mol. The summed E-state index contributed by atoms with van der Waals surface area (Å²) in [5.41, 5.74) is 0. The summed E-state index contributed by atoms with van der Waals surface area (Å²) in [7, 11) is 0. The van der Waals surface area contributed by atoms with Crippen molar-refractivity contribution in [3.05, 3.63) is 17.7 Å². The second kappa shape index (κ2) is 3.33. The maximum Gasteiger partial charge on any atom is 0.0568 e. The van der Waals surface area contributed by atoms with E-state index in [1.165, 1.54) is 11.2 Å². The van der Waals surface area contributed by atoms with Crippen LogP contribution >= 0.6 is 0 Å². The minimum absolute atomic E-state index is 0.590. The van der Waals surface area contributed by atoms with E-state index in [0.29, 0.717) is 6.54 Å². The molecule has 0 aromatic heterocycles. The largest absolute Gasteiger partial charge is 0.237 e. The molecule has 0 heterocycles. The van der Waals surface area contributed by atoms with E-state index in [4.69, 9.17) is 0 Å². The van der Waals surface area contributed by atoms with Gasteiger partial charge >= 0.3 is 0 Å². The Balaban J connectivity index is 3.36. The van der Waals surface area contributed by atoms with Crippen LogP contribution in [0.15, 0.2) is 18.1 Å². The van der Waals surface area contributed by atoms with E-state index in [-0.39, 0.29) is 0 Å². The molecule has 0 saturated carbocycles. The van der Waals surface area contributed by atoms with Gasteiger partial charge in [0.1, 0.15) is 0 Å². The average molecular weight is 100 g/mol. The predicted molar refractivity (Wildman–Crippen MR) is 28.4 cm³/mol. The zero-order valence-corrected chi connectivity index (χ0v) is 4.29. The molecule has 0 aliphatic rings. The first-order valence-electron chi connectivity index (χ1n) is 2.07. The van der Waals surface area contributed by atoms with E-state index in [1.54, 1.807) is 0 Å². The summed E-state index contributed by atoms with van der Waals surface area (Å²) in [4.78, 5) is 9.57. The second-order valence-corrected chi connectivity index (χ2v) is 1.02. The van der Waals surface area contributed by atoms with Gasteiger partial charge in [-0.1, -0.05) is 6.58 Å². The molecule has 0 fully saturated rings. The van der Waals surface area contributed by atoms with Crippen LogP contribution in [0.3, 0.4) is 0 Å². The molecule has 0 aliphatic carbocycles. The molecule has 0 amide bonds. The number of nitrogens with zero attached hydrogens (tertiary/aromatic N) is 2. The van der Waals surface area contributed by atoms with Crippen LogP contribution in [0.1, 0.15) is 6.92 Å². The van der Waals surface area contributed by atoms with Crippen molar-refractivity contribution >= 4 is 0 Å². The van der Waals surface area contributed by atoms with Gasteiger partial charge in [-0.3, -0.25) is 0 Å². The quantitative estimate of drug-likeness (QED) is 0.393. The van der Waals surface area contributed by atoms with Gasteiger partial charge in [0.2, 0.25) is 0 Å². The van der Waals surface area contributed by atoms with E-state index in [0.717, 1.165) is 0 Å². The van der Waals surface area contributed by atoms with Gasteiger partial charge in [-0.2, -0.15) is 0 Å². The third kappa shape index (κ3) is 1.92. The van der Waals surface area contributed by atoms with Crippen LogP contribution in [0, 0.1) is 4.91 Å². The molecule has 0 aromatic carbocycles. The molecule has 0 rings (SSSR count). The van der Waals surface area contributed by atoms with Gasteiger partial charge in [0, 0.05) is 12.7 Å². The van der Waals surface area contributed by atoms with Crippen LogP contribution in [0.5, 0.6) is 0 Å². The predicted octanol–water partition coefficient (Wildman–Crippen LogP) is 1.13. The Morgan fingerprint density at radius 2 is 2.57 bits per heavy atom. The Labute approximate surface area is 42.6 Å². The number of hydrogen-bond acceptors (Lipinski definition) is 2. The smallest absolute Gasteiger partial charge is 0.0568 e. The topological polar surface area (TPSA) is 32.7 Å². The molecule has 3 heteroatoms. The van der Waals surface area contributed by atoms with E-state index < -0.39 is 0 Å². The molecule has 0 aromatic rings. The number of hydrogen-bond donors (Lipinski definition) is 0. The van der Waals surface area contributed by atoms with E-state index in [9.17, 15) is 4.91 Å². The Bertz CT molecular complexity index is 64.1. The molecular formula is C4H8N2O. The first-order valence-corrected chi connectivity index (χ1v) is 2.07. The van der Waals surface area contributed by atoms with Crippen LogP contribution in [0.25, 0.3) is 0 Å². The van der Waals surface area contributed by atoms with Crippen molar-refractivity contribution < 1.29 is 0 Å². The third-order valence-corrected chi connectivity index (χ3v) is 0.640. The average Bonchev–Trinajstić information content (AvgIpc) is 1.72. The first-order chi connectivity index (χ1) is 3.35. The number of rotatable bonds is 3. The molecule has 3 nitrogen and oxygen atoms in total. The van der Waals surface area contributed by atoms with Crippen LogP contribution in [0.2, 0.25) is 0 Å². The fourth-order valence-corrected chi connectivity index (χ4v) is 0.220. The third-order valence-electron chi connectivity index (χ3n) is 0.640. The Hall–Kier alpha value is -0.860. The second-order valence-electron chi connectivity index (χ2n) is 1.02. The molecule has 0 unspecified atom stereocenters. The van der Waals surface area contributed by atoms with Crippen molar-refractivity contribution in [3.8, 4) is 0 Å². The normalized spacial score (nSPS) is 7.57. The van der Waals surface area contributed by atoms with Gasteiger partial charge in [-0.15, -0.1) is 4.91 Å². The Kier molecular flexibility index (Phi) is 2.92. The van der Waals surface area contributed by atoms with Crippen molar-refractivity contribution in [3.63, 3.8) is 0 Å². The summed E-state index contributed by atoms with van der Waals surface area (Å²) in [6.45, 7) is 5.75. The van der Waals surface area contributed by atoms with Crippen molar-refractivity contribution in [2.45, 2.75) is 6.92 Å². The van der Waals surface area contributed by atoms with Gasteiger partial charge in [-0.25, -0.2) is 5.01 Å². The zero-order valence-electron chi connectivity index (χ0n) is 4.29. The number of nitroso groups, excluding NO2 is 1. The molecular weight excluding hydrogens is 92.1 g/mol. The van der Waals surface area contributed by atoms with Gasteiger partial charge < -0.3 is 0 Å². The molecule has 0 spiro atoms. The SMILES string of the molecule is C=CN(CC)N=O. The molecule has 0 saturated heterocycles. The Morgan fingerprint density at radius 3 is 2.57 bits per heavy atom. The molecule has 40 valence electrons. The minimum Gasteiger partial charge on any atom is -0.237 e. The van der Waals surface area contributed by atoms with Crippen molar-refractivity contribution in [1.82, 2.24) is 5.01 Å². The van der Waals surface area contributed by atoms with Gasteiger partial charge in [-0.05, 0) is 6.92 Å². The molecule has 7 heavy (non-hydrogen) atoms. The van der Waals surface area contributed by atoms with Crippen LogP contribution in [-0.2, 0) is 0 Å². The summed E-state index contributed by atoms with van der Waals surface area (Å²) in [5.74, 6) is 0. The minimum atomic E-state index is 0.590. The maximum absolute atomic E-state index is 9.57. The molecule has 0 bridgehead atoms. The van der Waals surface area contributed by atoms with Crippen LogP contribution in [-0.4, -0.2) is 11.6 Å². The van der Waals surface area contributed by atoms with Crippen molar-refractivity contribution in [2.75, 3.05) is 6.54 Å². The van der Waals surface area contributed by atoms with Gasteiger partial charge in [0.15, 0.2) is 0 Å². The lowest BCUT2D eigenvalue weighted by atomic mass is 10.7. The zero-order chi connectivity index (χ0) is 5.70.